The van der Waals surface area contributed by atoms with Crippen molar-refractivity contribution < 1.29 is 26.8 Å². The van der Waals surface area contributed by atoms with E-state index in [9.17, 15) is 17.6 Å². The Morgan fingerprint density at radius 3 is 2.71 bits per heavy atom. The Morgan fingerprint density at radius 2 is 2.10 bits per heavy atom. The lowest BCUT2D eigenvalue weighted by Gasteiger charge is -2.14. The van der Waals surface area contributed by atoms with Crippen LogP contribution in [0.4, 0.5) is 17.6 Å². The van der Waals surface area contributed by atoms with Crippen molar-refractivity contribution >= 4 is 0 Å². The molecule has 1 aromatic rings. The van der Waals surface area contributed by atoms with Crippen LogP contribution in [-0.2, 0) is 17.8 Å². The van der Waals surface area contributed by atoms with Crippen molar-refractivity contribution in [3.8, 4) is 0 Å². The fourth-order valence-corrected chi connectivity index (χ4v) is 1.50. The van der Waals surface area contributed by atoms with E-state index in [1.807, 2.05) is 13.8 Å². The molecule has 0 radical (unpaired) electrons. The molecule has 1 N–H and O–H groups in total. The first kappa shape index (κ1) is 17.8. The Balaban J connectivity index is 2.35. The first-order valence-corrected chi connectivity index (χ1v) is 6.63. The van der Waals surface area contributed by atoms with E-state index in [4.69, 9.17) is 4.52 Å². The molecule has 1 unspecified atom stereocenters. The molecule has 0 aromatic carbocycles. The standard InChI is InChI=1S/C12H19F4N3O2/c1-3-4-17-8(2)5-10-18-9(19-21-10)6-20-7-12(15,16)11(13)14/h8,11,17H,3-7H2,1-2H3. The zero-order valence-electron chi connectivity index (χ0n) is 11.9. The molecule has 0 spiro atoms. The second-order valence-electron chi connectivity index (χ2n) is 4.72. The highest BCUT2D eigenvalue weighted by Crippen LogP contribution is 2.23. The maximum atomic E-state index is 12.6. The molecule has 0 amide bonds. The van der Waals surface area contributed by atoms with Crippen LogP contribution < -0.4 is 5.32 Å². The van der Waals surface area contributed by atoms with Gasteiger partial charge < -0.3 is 14.6 Å². The molecule has 1 rings (SSSR count). The first-order chi connectivity index (χ1) is 9.85. The fourth-order valence-electron chi connectivity index (χ4n) is 1.50. The number of hydrogen-bond donors (Lipinski definition) is 1. The van der Waals surface area contributed by atoms with Crippen LogP contribution in [0.2, 0.25) is 0 Å². The highest BCUT2D eigenvalue weighted by Gasteiger charge is 2.41. The Hall–Kier alpha value is -1.22. The Kier molecular flexibility index (Phi) is 7.03. The van der Waals surface area contributed by atoms with E-state index in [0.717, 1.165) is 13.0 Å². The zero-order chi connectivity index (χ0) is 15.9. The summed E-state index contributed by atoms with van der Waals surface area (Å²) in [5.41, 5.74) is 0. The lowest BCUT2D eigenvalue weighted by Crippen LogP contribution is -2.32. The zero-order valence-corrected chi connectivity index (χ0v) is 11.9. The third-order valence-electron chi connectivity index (χ3n) is 2.58. The van der Waals surface area contributed by atoms with Crippen molar-refractivity contribution in [3.05, 3.63) is 11.7 Å². The summed E-state index contributed by atoms with van der Waals surface area (Å²) in [5, 5.41) is 6.77. The van der Waals surface area contributed by atoms with Gasteiger partial charge in [-0.2, -0.15) is 13.8 Å². The van der Waals surface area contributed by atoms with E-state index in [1.165, 1.54) is 0 Å². The molecule has 9 heteroatoms. The number of halogens is 4. The van der Waals surface area contributed by atoms with Gasteiger partial charge in [0.25, 0.3) is 0 Å². The predicted octanol–water partition coefficient (Wildman–Crippen LogP) is 2.42. The van der Waals surface area contributed by atoms with Crippen LogP contribution in [0.1, 0.15) is 32.0 Å². The van der Waals surface area contributed by atoms with Crippen molar-refractivity contribution in [2.45, 2.75) is 51.7 Å². The quantitative estimate of drug-likeness (QED) is 0.672. The number of nitrogens with zero attached hydrogens (tertiary/aromatic N) is 2. The van der Waals surface area contributed by atoms with Gasteiger partial charge in [-0.05, 0) is 19.9 Å². The summed E-state index contributed by atoms with van der Waals surface area (Å²) in [6, 6.07) is 0.127. The van der Waals surface area contributed by atoms with E-state index in [2.05, 4.69) is 20.2 Å². The highest BCUT2D eigenvalue weighted by atomic mass is 19.3. The Morgan fingerprint density at radius 1 is 1.38 bits per heavy atom. The number of rotatable bonds is 10. The van der Waals surface area contributed by atoms with E-state index in [1.54, 1.807) is 0 Å². The monoisotopic (exact) mass is 313 g/mol. The minimum absolute atomic E-state index is 0.0535. The van der Waals surface area contributed by atoms with Crippen molar-refractivity contribution in [3.63, 3.8) is 0 Å². The summed E-state index contributed by atoms with van der Waals surface area (Å²) in [7, 11) is 0. The summed E-state index contributed by atoms with van der Waals surface area (Å²) < 4.78 is 58.4. The molecule has 0 saturated heterocycles. The second kappa shape index (κ2) is 8.28. The highest BCUT2D eigenvalue weighted by molar-refractivity contribution is 4.87. The smallest absolute Gasteiger partial charge is 0.330 e. The predicted molar refractivity (Wildman–Crippen MR) is 66.4 cm³/mol. The number of alkyl halides is 4. The minimum atomic E-state index is -4.18. The molecular formula is C12H19F4N3O2. The third-order valence-corrected chi connectivity index (χ3v) is 2.58. The molecule has 122 valence electrons. The molecule has 5 nitrogen and oxygen atoms in total. The Labute approximate surface area is 120 Å². The molecule has 0 aliphatic carbocycles. The average Bonchev–Trinajstić information content (AvgIpc) is 2.83. The molecular weight excluding hydrogens is 294 g/mol. The van der Waals surface area contributed by atoms with Crippen LogP contribution in [0, 0.1) is 0 Å². The summed E-state index contributed by atoms with van der Waals surface area (Å²) in [6.07, 6.45) is -2.28. The van der Waals surface area contributed by atoms with Crippen LogP contribution in [0.15, 0.2) is 4.52 Å². The van der Waals surface area contributed by atoms with Gasteiger partial charge in [-0.1, -0.05) is 12.1 Å². The number of aromatic nitrogens is 2. The van der Waals surface area contributed by atoms with Gasteiger partial charge in [-0.25, -0.2) is 8.78 Å². The molecule has 1 heterocycles. The van der Waals surface area contributed by atoms with E-state index >= 15 is 0 Å². The van der Waals surface area contributed by atoms with Crippen molar-refractivity contribution in [1.29, 1.82) is 0 Å². The lowest BCUT2D eigenvalue weighted by molar-refractivity contribution is -0.168. The van der Waals surface area contributed by atoms with Gasteiger partial charge in [0.05, 0.1) is 0 Å². The summed E-state index contributed by atoms with van der Waals surface area (Å²) >= 11 is 0. The van der Waals surface area contributed by atoms with Crippen molar-refractivity contribution in [2.24, 2.45) is 0 Å². The molecule has 0 saturated carbocycles. The minimum Gasteiger partial charge on any atom is -0.367 e. The third kappa shape index (κ3) is 6.38. The van der Waals surface area contributed by atoms with Crippen LogP contribution in [0.25, 0.3) is 0 Å². The van der Waals surface area contributed by atoms with Gasteiger partial charge in [0.2, 0.25) is 5.89 Å². The molecule has 0 fully saturated rings. The van der Waals surface area contributed by atoms with E-state index < -0.39 is 25.6 Å². The first-order valence-electron chi connectivity index (χ1n) is 6.63. The number of ether oxygens (including phenoxy) is 1. The number of nitrogens with one attached hydrogen (secondary N) is 1. The van der Waals surface area contributed by atoms with Crippen molar-refractivity contribution in [2.75, 3.05) is 13.2 Å². The lowest BCUT2D eigenvalue weighted by atomic mass is 10.2. The largest absolute Gasteiger partial charge is 0.367 e. The average molecular weight is 313 g/mol. The summed E-state index contributed by atoms with van der Waals surface area (Å²) in [6.45, 7) is 3.05. The van der Waals surface area contributed by atoms with Gasteiger partial charge >= 0.3 is 12.3 Å². The van der Waals surface area contributed by atoms with Crippen LogP contribution >= 0.6 is 0 Å². The normalized spacial score (nSPS) is 13.9. The van der Waals surface area contributed by atoms with Gasteiger partial charge in [0.1, 0.15) is 13.2 Å². The van der Waals surface area contributed by atoms with E-state index in [-0.39, 0.29) is 11.9 Å². The fraction of sp³-hybridized carbons (Fsp3) is 0.833. The molecule has 0 bridgehead atoms. The maximum Gasteiger partial charge on any atom is 0.330 e. The van der Waals surface area contributed by atoms with Gasteiger partial charge in [-0.3, -0.25) is 0 Å². The molecule has 1 aromatic heterocycles. The van der Waals surface area contributed by atoms with Crippen LogP contribution in [-0.4, -0.2) is 41.7 Å². The summed E-state index contributed by atoms with van der Waals surface area (Å²) in [4.78, 5) is 3.95. The Bertz CT molecular complexity index is 415. The van der Waals surface area contributed by atoms with E-state index in [0.29, 0.717) is 12.3 Å². The van der Waals surface area contributed by atoms with Gasteiger partial charge in [-0.15, -0.1) is 0 Å². The molecule has 21 heavy (non-hydrogen) atoms. The van der Waals surface area contributed by atoms with Crippen LogP contribution in [0.3, 0.4) is 0 Å². The molecule has 0 aliphatic rings. The SMILES string of the molecule is CCCNC(C)Cc1nc(COCC(F)(F)C(F)F)no1. The maximum absolute atomic E-state index is 12.6. The summed E-state index contributed by atoms with van der Waals surface area (Å²) in [5.74, 6) is -3.78. The van der Waals surface area contributed by atoms with Crippen LogP contribution in [0.5, 0.6) is 0 Å². The molecule has 0 aliphatic heterocycles. The van der Waals surface area contributed by atoms with Gasteiger partial charge in [0.15, 0.2) is 5.82 Å². The van der Waals surface area contributed by atoms with Gasteiger partial charge in [0, 0.05) is 12.5 Å². The molecule has 1 atom stereocenters. The van der Waals surface area contributed by atoms with Crippen molar-refractivity contribution in [1.82, 2.24) is 15.5 Å². The topological polar surface area (TPSA) is 60.2 Å². The number of hydrogen-bond acceptors (Lipinski definition) is 5. The second-order valence-corrected chi connectivity index (χ2v) is 4.72.